The average molecular weight is 665 g/mol. The van der Waals surface area contributed by atoms with Gasteiger partial charge in [-0.2, -0.15) is 0 Å². The SMILES string of the molecule is CCc1ccc(CCNc2c(F)cc3c(=O)c(C(=O)NC(C)CCCN(CC)CC)cn4c3c2Oc2cc3ccccc3cc2-4)cc1OC. The number of anilines is 1. The Balaban J connectivity index is 1.37. The first-order valence-corrected chi connectivity index (χ1v) is 17.3. The van der Waals surface area contributed by atoms with Crippen LogP contribution in [-0.4, -0.2) is 54.7 Å². The number of rotatable bonds is 14. The zero-order chi connectivity index (χ0) is 34.7. The number of hydrogen-bond acceptors (Lipinski definition) is 6. The van der Waals surface area contributed by atoms with Gasteiger partial charge in [0.1, 0.15) is 22.5 Å². The largest absolute Gasteiger partial charge is 0.496 e. The van der Waals surface area contributed by atoms with Gasteiger partial charge in [0.25, 0.3) is 5.91 Å². The minimum atomic E-state index is -0.628. The van der Waals surface area contributed by atoms with Crippen LogP contribution in [0.25, 0.3) is 27.4 Å². The Kier molecular flexibility index (Phi) is 10.2. The lowest BCUT2D eigenvalue weighted by Gasteiger charge is -2.27. The summed E-state index contributed by atoms with van der Waals surface area (Å²) in [6.07, 6.45) is 4.74. The number of carbonyl (C=O) groups is 1. The topological polar surface area (TPSA) is 84.8 Å². The first-order chi connectivity index (χ1) is 23.8. The second kappa shape index (κ2) is 14.7. The Morgan fingerprint density at radius 2 is 1.80 bits per heavy atom. The fourth-order valence-electron chi connectivity index (χ4n) is 6.73. The zero-order valence-electron chi connectivity index (χ0n) is 29.0. The molecule has 6 rings (SSSR count). The van der Waals surface area contributed by atoms with E-state index >= 15 is 4.39 Å². The Labute approximate surface area is 286 Å². The maximum absolute atomic E-state index is 16.1. The number of amides is 1. The molecule has 256 valence electrons. The smallest absolute Gasteiger partial charge is 0.256 e. The molecule has 0 aliphatic carbocycles. The van der Waals surface area contributed by atoms with Crippen molar-refractivity contribution in [2.75, 3.05) is 38.6 Å². The van der Waals surface area contributed by atoms with Crippen molar-refractivity contribution in [1.82, 2.24) is 14.8 Å². The molecule has 0 radical (unpaired) electrons. The van der Waals surface area contributed by atoms with Crippen LogP contribution in [0.1, 0.15) is 62.0 Å². The number of aryl methyl sites for hydroxylation is 1. The number of carbonyl (C=O) groups excluding carboxylic acids is 1. The molecule has 4 aromatic carbocycles. The van der Waals surface area contributed by atoms with E-state index in [0.29, 0.717) is 29.9 Å². The van der Waals surface area contributed by atoms with Crippen molar-refractivity contribution in [3.05, 3.63) is 99.6 Å². The van der Waals surface area contributed by atoms with Gasteiger partial charge in [0.15, 0.2) is 17.3 Å². The van der Waals surface area contributed by atoms with Crippen molar-refractivity contribution >= 4 is 33.3 Å². The Bertz CT molecular complexity index is 2070. The van der Waals surface area contributed by atoms with Crippen LogP contribution in [-0.2, 0) is 12.8 Å². The number of benzene rings is 4. The molecular weight excluding hydrogens is 619 g/mol. The molecule has 0 spiro atoms. The van der Waals surface area contributed by atoms with E-state index in [4.69, 9.17) is 9.47 Å². The molecule has 0 saturated heterocycles. The van der Waals surface area contributed by atoms with E-state index in [0.717, 1.165) is 66.5 Å². The number of hydrogen-bond donors (Lipinski definition) is 2. The number of nitrogens with zero attached hydrogens (tertiary/aromatic N) is 2. The molecule has 1 unspecified atom stereocenters. The number of halogens is 1. The summed E-state index contributed by atoms with van der Waals surface area (Å²) in [4.78, 5) is 29.9. The second-order valence-electron chi connectivity index (χ2n) is 12.7. The molecule has 0 saturated carbocycles. The highest BCUT2D eigenvalue weighted by atomic mass is 19.1. The minimum absolute atomic E-state index is 0.0420. The summed E-state index contributed by atoms with van der Waals surface area (Å²) in [7, 11) is 1.66. The molecule has 1 aromatic heterocycles. The van der Waals surface area contributed by atoms with Crippen LogP contribution in [0.2, 0.25) is 0 Å². The van der Waals surface area contributed by atoms with E-state index in [1.54, 1.807) is 17.9 Å². The van der Waals surface area contributed by atoms with Gasteiger partial charge in [0, 0.05) is 18.8 Å². The molecule has 0 bridgehead atoms. The highest BCUT2D eigenvalue weighted by Gasteiger charge is 2.29. The van der Waals surface area contributed by atoms with Crippen LogP contribution in [0.3, 0.4) is 0 Å². The summed E-state index contributed by atoms with van der Waals surface area (Å²) < 4.78 is 29.9. The van der Waals surface area contributed by atoms with Crippen molar-refractivity contribution in [2.24, 2.45) is 0 Å². The zero-order valence-corrected chi connectivity index (χ0v) is 29.0. The van der Waals surface area contributed by atoms with Crippen molar-refractivity contribution in [2.45, 2.75) is 59.4 Å². The molecule has 1 atom stereocenters. The van der Waals surface area contributed by atoms with Crippen LogP contribution >= 0.6 is 0 Å². The van der Waals surface area contributed by atoms with E-state index < -0.39 is 17.2 Å². The van der Waals surface area contributed by atoms with Crippen LogP contribution in [0.5, 0.6) is 17.2 Å². The van der Waals surface area contributed by atoms with Gasteiger partial charge in [0.2, 0.25) is 5.43 Å². The molecule has 8 nitrogen and oxygen atoms in total. The van der Waals surface area contributed by atoms with Gasteiger partial charge in [-0.15, -0.1) is 0 Å². The fourth-order valence-corrected chi connectivity index (χ4v) is 6.73. The molecule has 49 heavy (non-hydrogen) atoms. The number of ether oxygens (including phenoxy) is 2. The molecule has 1 aliphatic rings. The maximum Gasteiger partial charge on any atom is 0.256 e. The number of pyridine rings is 1. The predicted molar refractivity (Wildman–Crippen MR) is 196 cm³/mol. The standard InChI is InChI=1S/C40H45FN4O4/c1-6-27-16-15-26(20-34(27)48-5)17-18-42-36-32(41)23-30-37-39(36)49-35-22-29-14-10-9-13-28(29)21-33(35)45(37)24-31(38(30)46)40(47)43-25(4)12-11-19-44(7-2)8-3/h9-10,13-16,20-25,42H,6-8,11-12,17-19H2,1-5H3,(H,43,47). The van der Waals surface area contributed by atoms with E-state index in [1.807, 2.05) is 49.4 Å². The lowest BCUT2D eigenvalue weighted by atomic mass is 10.0. The van der Waals surface area contributed by atoms with Crippen LogP contribution < -0.4 is 25.5 Å². The predicted octanol–water partition coefficient (Wildman–Crippen LogP) is 7.85. The van der Waals surface area contributed by atoms with E-state index in [9.17, 15) is 9.59 Å². The normalized spacial score (nSPS) is 12.6. The third kappa shape index (κ3) is 6.85. The van der Waals surface area contributed by atoms with Crippen molar-refractivity contribution in [3.63, 3.8) is 0 Å². The lowest BCUT2D eigenvalue weighted by Crippen LogP contribution is -2.36. The summed E-state index contributed by atoms with van der Waals surface area (Å²) in [5.41, 5.74) is 2.83. The molecular formula is C40H45FN4O4. The van der Waals surface area contributed by atoms with Crippen LogP contribution in [0.15, 0.2) is 71.7 Å². The molecule has 2 heterocycles. The van der Waals surface area contributed by atoms with Gasteiger partial charge in [-0.25, -0.2) is 4.39 Å². The Hall–Kier alpha value is -4.89. The first-order valence-electron chi connectivity index (χ1n) is 17.3. The summed E-state index contributed by atoms with van der Waals surface area (Å²) in [6.45, 7) is 11.6. The van der Waals surface area contributed by atoms with Gasteiger partial charge < -0.3 is 29.6 Å². The van der Waals surface area contributed by atoms with Gasteiger partial charge in [-0.1, -0.05) is 57.2 Å². The summed E-state index contributed by atoms with van der Waals surface area (Å²) >= 11 is 0. The molecule has 2 N–H and O–H groups in total. The quantitative estimate of drug-likeness (QED) is 0.123. The van der Waals surface area contributed by atoms with Crippen LogP contribution in [0, 0.1) is 5.82 Å². The van der Waals surface area contributed by atoms with Gasteiger partial charge in [-0.05, 0) is 98.4 Å². The van der Waals surface area contributed by atoms with E-state index in [1.165, 1.54) is 6.07 Å². The van der Waals surface area contributed by atoms with Gasteiger partial charge >= 0.3 is 0 Å². The van der Waals surface area contributed by atoms with Crippen molar-refractivity contribution < 1.29 is 18.7 Å². The monoisotopic (exact) mass is 664 g/mol. The minimum Gasteiger partial charge on any atom is -0.496 e. The summed E-state index contributed by atoms with van der Waals surface area (Å²) in [5.74, 6) is 0.438. The Morgan fingerprint density at radius 1 is 1.04 bits per heavy atom. The number of aromatic nitrogens is 1. The average Bonchev–Trinajstić information content (AvgIpc) is 3.11. The van der Waals surface area contributed by atoms with Gasteiger partial charge in [-0.3, -0.25) is 9.59 Å². The maximum atomic E-state index is 16.1. The number of methoxy groups -OCH3 is 1. The lowest BCUT2D eigenvalue weighted by molar-refractivity contribution is 0.0935. The van der Waals surface area contributed by atoms with Crippen LogP contribution in [0.4, 0.5) is 10.1 Å². The second-order valence-corrected chi connectivity index (χ2v) is 12.7. The fraction of sp³-hybridized carbons (Fsp3) is 0.350. The number of fused-ring (bicyclic) bond motifs is 3. The third-order valence-electron chi connectivity index (χ3n) is 9.57. The number of nitrogens with one attached hydrogen (secondary N) is 2. The highest BCUT2D eigenvalue weighted by Crippen LogP contribution is 2.46. The summed E-state index contributed by atoms with van der Waals surface area (Å²) in [5, 5.41) is 8.27. The molecule has 1 amide bonds. The molecule has 5 aromatic rings. The highest BCUT2D eigenvalue weighted by molar-refractivity contribution is 6.02. The molecule has 0 fully saturated rings. The van der Waals surface area contributed by atoms with E-state index in [2.05, 4.69) is 48.4 Å². The summed E-state index contributed by atoms with van der Waals surface area (Å²) in [6, 6.07) is 19.0. The van der Waals surface area contributed by atoms with Crippen molar-refractivity contribution in [3.8, 4) is 22.9 Å². The van der Waals surface area contributed by atoms with Crippen molar-refractivity contribution in [1.29, 1.82) is 0 Å². The van der Waals surface area contributed by atoms with E-state index in [-0.39, 0.29) is 28.4 Å². The molecule has 1 aliphatic heterocycles. The molecule has 9 heteroatoms. The third-order valence-corrected chi connectivity index (χ3v) is 9.57. The first kappa shape index (κ1) is 34.0. The van der Waals surface area contributed by atoms with Gasteiger partial charge in [0.05, 0.1) is 18.2 Å². The Morgan fingerprint density at radius 3 is 2.51 bits per heavy atom.